The Morgan fingerprint density at radius 2 is 0.966 bits per heavy atom. The maximum atomic E-state index is 3.88. The molecule has 0 bridgehead atoms. The third-order valence-corrected chi connectivity index (χ3v) is 13.0. The van der Waals surface area contributed by atoms with E-state index in [9.17, 15) is 0 Å². The van der Waals surface area contributed by atoms with E-state index in [4.69, 9.17) is 0 Å². The topological polar surface area (TPSA) is 0 Å². The summed E-state index contributed by atoms with van der Waals surface area (Å²) in [5.74, 6) is 1.08. The molecule has 0 N–H and O–H groups in total. The van der Waals surface area contributed by atoms with E-state index in [0.717, 1.165) is 6.42 Å². The number of hydrogen-bond acceptors (Lipinski definition) is 0. The fourth-order valence-corrected chi connectivity index (χ4v) is 8.46. The van der Waals surface area contributed by atoms with Crippen LogP contribution in [0.2, 0.25) is 0 Å². The molecule has 58 heavy (non-hydrogen) atoms. The van der Waals surface area contributed by atoms with E-state index < -0.39 is 0 Å². The Morgan fingerprint density at radius 3 is 1.40 bits per heavy atom. The molecule has 0 amide bonds. The van der Waals surface area contributed by atoms with Crippen molar-refractivity contribution in [2.75, 3.05) is 0 Å². The first-order valence-electron chi connectivity index (χ1n) is 20.1. The van der Waals surface area contributed by atoms with Crippen LogP contribution < -0.4 is 24.8 Å². The van der Waals surface area contributed by atoms with Gasteiger partial charge in [-0.2, -0.15) is 18.2 Å². The van der Waals surface area contributed by atoms with Crippen molar-refractivity contribution in [1.82, 2.24) is 0 Å². The molecule has 0 aliphatic heterocycles. The molecule has 8 rings (SSSR count). The second-order valence-corrected chi connectivity index (χ2v) is 18.5. The molecule has 0 aromatic heterocycles. The molecule has 3 heteroatoms. The summed E-state index contributed by atoms with van der Waals surface area (Å²) in [6, 6.07) is 64.4. The van der Waals surface area contributed by atoms with Gasteiger partial charge in [-0.3, -0.25) is 0 Å². The summed E-state index contributed by atoms with van der Waals surface area (Å²) >= 11 is 1.54. The number of rotatable bonds is 6. The van der Waals surface area contributed by atoms with Gasteiger partial charge < -0.3 is 24.8 Å². The van der Waals surface area contributed by atoms with Crippen LogP contribution in [-0.4, -0.2) is 3.21 Å². The van der Waals surface area contributed by atoms with Crippen LogP contribution in [0.5, 0.6) is 0 Å². The van der Waals surface area contributed by atoms with Crippen molar-refractivity contribution < 1.29 is 49.0 Å². The van der Waals surface area contributed by atoms with E-state index in [0.29, 0.717) is 11.8 Å². The molecule has 0 radical (unpaired) electrons. The van der Waals surface area contributed by atoms with Gasteiger partial charge in [-0.1, -0.05) is 131 Å². The third-order valence-electron chi connectivity index (χ3n) is 10.9. The molecule has 0 fully saturated rings. The minimum absolute atomic E-state index is 0. The van der Waals surface area contributed by atoms with Crippen LogP contribution in [0.15, 0.2) is 170 Å². The Balaban J connectivity index is 0.000000250. The van der Waals surface area contributed by atoms with Crippen LogP contribution in [0.4, 0.5) is 0 Å². The van der Waals surface area contributed by atoms with Crippen LogP contribution in [0.25, 0.3) is 33.4 Å². The van der Waals surface area contributed by atoms with E-state index in [2.05, 4.69) is 201 Å². The van der Waals surface area contributed by atoms with Gasteiger partial charge in [0.15, 0.2) is 0 Å². The zero-order chi connectivity index (χ0) is 39.9. The van der Waals surface area contributed by atoms with Gasteiger partial charge in [0.1, 0.15) is 0 Å². The Kier molecular flexibility index (Phi) is 16.7. The van der Waals surface area contributed by atoms with Crippen molar-refractivity contribution in [2.45, 2.75) is 84.5 Å². The van der Waals surface area contributed by atoms with E-state index in [-0.39, 0.29) is 35.6 Å². The van der Waals surface area contributed by atoms with Crippen LogP contribution in [0.3, 0.4) is 0 Å². The predicted molar refractivity (Wildman–Crippen MR) is 239 cm³/mol. The summed E-state index contributed by atoms with van der Waals surface area (Å²) in [7, 11) is 0. The van der Waals surface area contributed by atoms with Crippen molar-refractivity contribution in [3.63, 3.8) is 0 Å². The summed E-state index contributed by atoms with van der Waals surface area (Å²) < 4.78 is 1.61. The van der Waals surface area contributed by atoms with Gasteiger partial charge in [0.05, 0.1) is 0 Å². The van der Waals surface area contributed by atoms with Gasteiger partial charge in [0, 0.05) is 0 Å². The van der Waals surface area contributed by atoms with Gasteiger partial charge in [-0.05, 0) is 39.5 Å². The summed E-state index contributed by atoms with van der Waals surface area (Å²) in [6.45, 7) is 18.5. The zero-order valence-corrected chi connectivity index (χ0v) is 39.3. The van der Waals surface area contributed by atoms with Crippen molar-refractivity contribution in [2.24, 2.45) is 0 Å². The second-order valence-electron chi connectivity index (χ2n) is 17.1. The van der Waals surface area contributed by atoms with Crippen LogP contribution in [-0.2, 0) is 41.5 Å². The smallest absolute Gasteiger partial charge is 0.172 e. The zero-order valence-electron chi connectivity index (χ0n) is 35.3. The standard InChI is InChI=1S/C33H33.C17H18.C5H5.2ClH.Zr/c1-32(2,3)30-20-26-24(18-28(30)22-13-9-7-10-14-22)17-25-19-29(23-15-11-8-12-16-23)31(21-27(25)26)33(4,5)6;1-14(16-9-5-3-6-10-16)13-15(2)17-11-7-4-8-12-17;1-2-4-5-3-1;;;/h7-16,18,20-21H,17H2,1-6H3;3-12,14-15H,1-2H3;1-5H;2*1H;/q-1;;-1;;;+2/p-2. The summed E-state index contributed by atoms with van der Waals surface area (Å²) in [6.07, 6.45) is 0.944. The molecule has 7 aromatic rings. The predicted octanol–water partition coefficient (Wildman–Crippen LogP) is 8.71. The van der Waals surface area contributed by atoms with Gasteiger partial charge >= 0.3 is 125 Å². The van der Waals surface area contributed by atoms with Gasteiger partial charge in [-0.25, -0.2) is 12.1 Å². The average Bonchev–Trinajstić information content (AvgIpc) is 3.92. The molecule has 7 aromatic carbocycles. The largest absolute Gasteiger partial charge is 1.00 e. The third kappa shape index (κ3) is 11.4. The first-order valence-corrected chi connectivity index (χ1v) is 21.3. The van der Waals surface area contributed by atoms with E-state index in [1.807, 2.05) is 30.3 Å². The molecule has 0 saturated carbocycles. The van der Waals surface area contributed by atoms with Crippen molar-refractivity contribution in [1.29, 1.82) is 0 Å². The van der Waals surface area contributed by atoms with Crippen LogP contribution >= 0.6 is 0 Å². The summed E-state index contributed by atoms with van der Waals surface area (Å²) in [4.78, 5) is 0. The molecular formula is C55H56Cl2Zr-2. The maximum absolute atomic E-state index is 3.88. The number of fused-ring (bicyclic) bond motifs is 3. The van der Waals surface area contributed by atoms with Gasteiger partial charge in [0.25, 0.3) is 0 Å². The molecule has 0 spiro atoms. The Labute approximate surface area is 376 Å². The fraction of sp³-hybridized carbons (Fsp3) is 0.236. The molecule has 2 unspecified atom stereocenters. The first kappa shape index (κ1) is 46.7. The van der Waals surface area contributed by atoms with Gasteiger partial charge in [0.2, 0.25) is 0 Å². The van der Waals surface area contributed by atoms with Crippen LogP contribution in [0.1, 0.15) is 101 Å². The first-order chi connectivity index (χ1) is 26.8. The maximum Gasteiger partial charge on any atom is -0.172 e. The minimum Gasteiger partial charge on any atom is -1.00 e. The Morgan fingerprint density at radius 1 is 0.534 bits per heavy atom. The molecular weight excluding hydrogens is 823 g/mol. The number of hydrogen-bond donors (Lipinski definition) is 0. The number of halogens is 2. The Hall–Kier alpha value is -4.00. The van der Waals surface area contributed by atoms with E-state index >= 15 is 0 Å². The number of benzene rings is 6. The quantitative estimate of drug-likeness (QED) is 0.147. The summed E-state index contributed by atoms with van der Waals surface area (Å²) in [5.41, 5.74) is 16.3. The molecule has 296 valence electrons. The monoisotopic (exact) mass is 876 g/mol. The van der Waals surface area contributed by atoms with Crippen LogP contribution in [0, 0.1) is 6.07 Å². The van der Waals surface area contributed by atoms with Crippen molar-refractivity contribution in [3.05, 3.63) is 209 Å². The normalized spacial score (nSPS) is 12.4. The Bertz CT molecular complexity index is 2140. The SMILES string of the molecule is CC(C)(C)c1cc2c([c-]c1-c1ccccc1)Cc1cc(-c3ccccc3)c(C(C)(C)C)cc1-2.CC([C](=[Zr+2])C(C)c1ccccc1)c1ccccc1.[Cl-].[Cl-].c1cc[cH-]c1. The average molecular weight is 879 g/mol. The molecule has 1 aliphatic rings. The van der Waals surface area contributed by atoms with E-state index in [1.54, 1.807) is 27.4 Å². The molecule has 1 aliphatic carbocycles. The summed E-state index contributed by atoms with van der Waals surface area (Å²) in [5, 5.41) is 0. The van der Waals surface area contributed by atoms with E-state index in [1.165, 1.54) is 66.8 Å². The fourth-order valence-electron chi connectivity index (χ4n) is 7.64. The second kappa shape index (κ2) is 20.8. The van der Waals surface area contributed by atoms with Gasteiger partial charge in [-0.15, -0.1) is 28.8 Å². The molecule has 0 saturated heterocycles. The minimum atomic E-state index is 0. The molecule has 0 nitrogen and oxygen atoms in total. The van der Waals surface area contributed by atoms with Crippen molar-refractivity contribution >= 4 is 3.21 Å². The molecule has 2 atom stereocenters. The van der Waals surface area contributed by atoms with Crippen molar-refractivity contribution in [3.8, 4) is 33.4 Å². The molecule has 0 heterocycles.